The van der Waals surface area contributed by atoms with Crippen LogP contribution in [0.5, 0.6) is 0 Å². The van der Waals surface area contributed by atoms with Crippen molar-refractivity contribution in [3.05, 3.63) is 12.2 Å². The largest absolute Gasteiger partial charge is 0.464 e. The van der Waals surface area contributed by atoms with Crippen LogP contribution in [0.4, 0.5) is 0 Å². The Morgan fingerprint density at radius 2 is 1.87 bits per heavy atom. The minimum atomic E-state index is -1.17. The van der Waals surface area contributed by atoms with Gasteiger partial charge in [-0.3, -0.25) is 4.79 Å². The molecule has 0 aromatic carbocycles. The van der Waals surface area contributed by atoms with Crippen molar-refractivity contribution in [2.75, 3.05) is 6.61 Å². The van der Waals surface area contributed by atoms with Crippen LogP contribution in [0.25, 0.3) is 0 Å². The average molecular weight is 423 g/mol. The lowest BCUT2D eigenvalue weighted by molar-refractivity contribution is -0.157. The van der Waals surface area contributed by atoms with Gasteiger partial charge in [0, 0.05) is 17.8 Å². The number of ketones is 1. The van der Waals surface area contributed by atoms with Gasteiger partial charge in [-0.15, -0.1) is 0 Å². The van der Waals surface area contributed by atoms with E-state index < -0.39 is 17.5 Å². The summed E-state index contributed by atoms with van der Waals surface area (Å²) in [5, 5.41) is 10.2. The molecule has 1 fully saturated rings. The van der Waals surface area contributed by atoms with Crippen molar-refractivity contribution < 1.29 is 19.4 Å². The fourth-order valence-corrected chi connectivity index (χ4v) is 4.81. The summed E-state index contributed by atoms with van der Waals surface area (Å²) in [5.74, 6) is 0.542. The van der Waals surface area contributed by atoms with E-state index in [2.05, 4.69) is 20.8 Å². The highest BCUT2D eigenvalue weighted by atomic mass is 16.5. The van der Waals surface area contributed by atoms with E-state index in [1.54, 1.807) is 6.92 Å². The summed E-state index contributed by atoms with van der Waals surface area (Å²) in [6, 6.07) is 0. The fraction of sp³-hybridized carbons (Fsp3) is 0.846. The second-order valence-electron chi connectivity index (χ2n) is 10.5. The maximum atomic E-state index is 12.4. The summed E-state index contributed by atoms with van der Waals surface area (Å²) in [5.41, 5.74) is -0.248. The summed E-state index contributed by atoms with van der Waals surface area (Å²) >= 11 is 0. The second kappa shape index (κ2) is 12.6. The van der Waals surface area contributed by atoms with Gasteiger partial charge < -0.3 is 9.84 Å². The Bertz CT molecular complexity index is 561. The molecule has 4 heteroatoms. The first-order valence-electron chi connectivity index (χ1n) is 12.1. The molecule has 0 saturated heterocycles. The Hall–Kier alpha value is -1.16. The molecule has 0 amide bonds. The van der Waals surface area contributed by atoms with E-state index in [4.69, 9.17) is 4.74 Å². The number of allylic oxidation sites excluding steroid dienone is 1. The normalized spacial score (nSPS) is 21.4. The van der Waals surface area contributed by atoms with Crippen molar-refractivity contribution in [2.24, 2.45) is 22.7 Å². The summed E-state index contributed by atoms with van der Waals surface area (Å²) in [6.07, 6.45) is 13.6. The van der Waals surface area contributed by atoms with Crippen molar-refractivity contribution in [3.63, 3.8) is 0 Å². The van der Waals surface area contributed by atoms with Gasteiger partial charge in [-0.05, 0) is 56.8 Å². The van der Waals surface area contributed by atoms with Crippen LogP contribution in [0.3, 0.4) is 0 Å². The van der Waals surface area contributed by atoms with Gasteiger partial charge in [0.2, 0.25) is 0 Å². The Kier molecular flexibility index (Phi) is 11.3. The minimum absolute atomic E-state index is 0.177. The Balaban J connectivity index is 2.46. The first-order chi connectivity index (χ1) is 14.0. The van der Waals surface area contributed by atoms with Crippen LogP contribution in [-0.2, 0) is 14.3 Å². The van der Waals surface area contributed by atoms with Gasteiger partial charge >= 0.3 is 5.97 Å². The number of aliphatic hydroxyl groups excluding tert-OH is 1. The smallest absolute Gasteiger partial charge is 0.335 e. The van der Waals surface area contributed by atoms with E-state index in [1.165, 1.54) is 32.1 Å². The van der Waals surface area contributed by atoms with E-state index in [0.29, 0.717) is 17.1 Å². The molecule has 1 N–H and O–H groups in total. The number of esters is 1. The Morgan fingerprint density at radius 3 is 2.50 bits per heavy atom. The van der Waals surface area contributed by atoms with E-state index in [1.807, 2.05) is 26.0 Å². The van der Waals surface area contributed by atoms with Crippen molar-refractivity contribution >= 4 is 11.8 Å². The summed E-state index contributed by atoms with van der Waals surface area (Å²) in [7, 11) is 0. The van der Waals surface area contributed by atoms with Gasteiger partial charge in [0.15, 0.2) is 6.10 Å². The highest BCUT2D eigenvalue weighted by molar-refractivity contribution is 5.83. The van der Waals surface area contributed by atoms with Gasteiger partial charge in [-0.1, -0.05) is 66.0 Å². The molecular weight excluding hydrogens is 376 g/mol. The number of carbonyl (C=O) groups is 2. The number of ether oxygens (including phenoxy) is 1. The lowest BCUT2D eigenvalue weighted by Gasteiger charge is -2.25. The first kappa shape index (κ1) is 26.9. The number of hydrogen-bond donors (Lipinski definition) is 1. The topological polar surface area (TPSA) is 63.6 Å². The zero-order valence-corrected chi connectivity index (χ0v) is 20.3. The van der Waals surface area contributed by atoms with Crippen LogP contribution in [0.1, 0.15) is 106 Å². The van der Waals surface area contributed by atoms with Crippen LogP contribution < -0.4 is 0 Å². The molecular formula is C26H46O4. The van der Waals surface area contributed by atoms with Gasteiger partial charge in [0.1, 0.15) is 5.78 Å². The molecule has 0 aromatic rings. The molecule has 1 unspecified atom stereocenters. The zero-order chi connectivity index (χ0) is 22.8. The maximum absolute atomic E-state index is 12.4. The summed E-state index contributed by atoms with van der Waals surface area (Å²) < 4.78 is 4.92. The molecule has 1 rings (SSSR count). The Morgan fingerprint density at radius 1 is 1.17 bits per heavy atom. The van der Waals surface area contributed by atoms with Crippen LogP contribution in [-0.4, -0.2) is 29.6 Å². The van der Waals surface area contributed by atoms with Gasteiger partial charge in [0.05, 0.1) is 6.61 Å². The third-order valence-electron chi connectivity index (χ3n) is 6.76. The number of hydrogen-bond acceptors (Lipinski definition) is 4. The van der Waals surface area contributed by atoms with Gasteiger partial charge in [-0.25, -0.2) is 4.79 Å². The van der Waals surface area contributed by atoms with E-state index in [9.17, 15) is 14.7 Å². The molecule has 30 heavy (non-hydrogen) atoms. The van der Waals surface area contributed by atoms with Crippen LogP contribution >= 0.6 is 0 Å². The molecule has 0 spiro atoms. The summed E-state index contributed by atoms with van der Waals surface area (Å²) in [4.78, 5) is 24.2. The molecule has 0 aromatic heterocycles. The predicted molar refractivity (Wildman–Crippen MR) is 123 cm³/mol. The molecule has 1 aliphatic rings. The van der Waals surface area contributed by atoms with Crippen molar-refractivity contribution in [2.45, 2.75) is 112 Å². The Labute approximate surface area is 184 Å². The third-order valence-corrected chi connectivity index (χ3v) is 6.76. The molecule has 0 heterocycles. The van der Waals surface area contributed by atoms with Crippen LogP contribution in [0, 0.1) is 22.7 Å². The highest BCUT2D eigenvalue weighted by Crippen LogP contribution is 2.37. The highest BCUT2D eigenvalue weighted by Gasteiger charge is 2.34. The van der Waals surface area contributed by atoms with Gasteiger partial charge in [-0.2, -0.15) is 0 Å². The molecule has 174 valence electrons. The number of carbonyl (C=O) groups excluding carboxylic acids is 2. The zero-order valence-electron chi connectivity index (χ0n) is 20.3. The standard InChI is InChI=1S/C26H46O4/c1-7-17-25(3,4)18-11-9-13-20-15-16-22(27)21(20)14-10-12-19-26(5,6)23(28)24(29)30-8-2/h12,19-21,23,28H,7-11,13-18H2,1-6H3/t20-,21+,23?/m0/s1. The monoisotopic (exact) mass is 422 g/mol. The predicted octanol–water partition coefficient (Wildman–Crippen LogP) is 6.26. The number of aliphatic hydroxyl groups is 1. The van der Waals surface area contributed by atoms with Crippen molar-refractivity contribution in [1.82, 2.24) is 0 Å². The van der Waals surface area contributed by atoms with E-state index in [-0.39, 0.29) is 12.5 Å². The molecule has 0 bridgehead atoms. The van der Waals surface area contributed by atoms with Crippen molar-refractivity contribution in [1.29, 1.82) is 0 Å². The summed E-state index contributed by atoms with van der Waals surface area (Å²) in [6.45, 7) is 12.6. The van der Waals surface area contributed by atoms with E-state index >= 15 is 0 Å². The van der Waals surface area contributed by atoms with Gasteiger partial charge in [0.25, 0.3) is 0 Å². The molecule has 3 atom stereocenters. The average Bonchev–Trinajstić information content (AvgIpc) is 3.01. The molecule has 1 aliphatic carbocycles. The fourth-order valence-electron chi connectivity index (χ4n) is 4.81. The van der Waals surface area contributed by atoms with Crippen LogP contribution in [0.15, 0.2) is 12.2 Å². The molecule has 1 saturated carbocycles. The van der Waals surface area contributed by atoms with E-state index in [0.717, 1.165) is 32.1 Å². The van der Waals surface area contributed by atoms with Crippen molar-refractivity contribution in [3.8, 4) is 0 Å². The third kappa shape index (κ3) is 8.91. The molecule has 4 nitrogen and oxygen atoms in total. The molecule has 0 radical (unpaired) electrons. The number of Topliss-reactive ketones (excluding diaryl/α,β-unsaturated/α-hetero) is 1. The molecule has 0 aliphatic heterocycles. The van der Waals surface area contributed by atoms with Crippen LogP contribution in [0.2, 0.25) is 0 Å². The number of rotatable bonds is 14. The lowest BCUT2D eigenvalue weighted by atomic mass is 9.81. The minimum Gasteiger partial charge on any atom is -0.464 e. The first-order valence-corrected chi connectivity index (χ1v) is 12.1. The lowest BCUT2D eigenvalue weighted by Crippen LogP contribution is -2.36. The maximum Gasteiger partial charge on any atom is 0.335 e. The SMILES string of the molecule is CCCC(C)(C)CCCC[C@H]1CCC(=O)[C@@H]1CCC=CC(C)(C)C(O)C(=O)OCC. The quantitative estimate of drug-likeness (QED) is 0.204. The number of unbranched alkanes of at least 4 members (excludes halogenated alkanes) is 1. The second-order valence-corrected chi connectivity index (χ2v) is 10.5.